The van der Waals surface area contributed by atoms with Crippen LogP contribution in [0.1, 0.15) is 52.9 Å². The Labute approximate surface area is 127 Å². The monoisotopic (exact) mass is 296 g/mol. The van der Waals surface area contributed by atoms with Crippen LogP contribution in [0, 0.1) is 11.8 Å². The highest BCUT2D eigenvalue weighted by atomic mass is 16.4. The number of carboxylic acid groups (broad SMARTS) is 1. The molecule has 0 aromatic rings. The molecule has 0 bridgehead atoms. The van der Waals surface area contributed by atoms with E-state index in [1.807, 2.05) is 18.7 Å². The van der Waals surface area contributed by atoms with E-state index < -0.39 is 12.0 Å². The molecule has 21 heavy (non-hydrogen) atoms. The van der Waals surface area contributed by atoms with Gasteiger partial charge >= 0.3 is 5.97 Å². The van der Waals surface area contributed by atoms with E-state index in [1.165, 1.54) is 0 Å². The average Bonchev–Trinajstić information content (AvgIpc) is 2.90. The number of nitrogens with zero attached hydrogens (tertiary/aromatic N) is 1. The maximum absolute atomic E-state index is 12.6. The SMILES string of the molecule is CC1CCC(N(C(=O)C(C)C)[C@@H]2CN[C@H](C(=O)O)C2)CC1. The van der Waals surface area contributed by atoms with Gasteiger partial charge in [-0.05, 0) is 38.0 Å². The standard InChI is InChI=1S/C16H28N2O3/c1-10(2)15(19)18(12-6-4-11(3)5-7-12)13-8-14(16(20)21)17-9-13/h10-14,17H,4-9H2,1-3H3,(H,20,21)/t11?,12?,13-,14-/m0/s1. The Morgan fingerprint density at radius 2 is 1.76 bits per heavy atom. The van der Waals surface area contributed by atoms with Crippen molar-refractivity contribution in [3.63, 3.8) is 0 Å². The van der Waals surface area contributed by atoms with E-state index in [-0.39, 0.29) is 23.9 Å². The van der Waals surface area contributed by atoms with E-state index >= 15 is 0 Å². The minimum atomic E-state index is -0.813. The largest absolute Gasteiger partial charge is 0.480 e. The molecule has 1 aliphatic carbocycles. The van der Waals surface area contributed by atoms with Gasteiger partial charge in [0.1, 0.15) is 6.04 Å². The summed E-state index contributed by atoms with van der Waals surface area (Å²) in [6.45, 7) is 6.72. The average molecular weight is 296 g/mol. The number of aliphatic carboxylic acids is 1. The molecule has 1 aliphatic heterocycles. The van der Waals surface area contributed by atoms with Gasteiger partial charge in [-0.15, -0.1) is 0 Å². The van der Waals surface area contributed by atoms with E-state index in [2.05, 4.69) is 12.2 Å². The quantitative estimate of drug-likeness (QED) is 0.831. The number of carbonyl (C=O) groups excluding carboxylic acids is 1. The van der Waals surface area contributed by atoms with Crippen LogP contribution in [0.2, 0.25) is 0 Å². The lowest BCUT2D eigenvalue weighted by Gasteiger charge is -2.40. The van der Waals surface area contributed by atoms with Crippen molar-refractivity contribution in [2.24, 2.45) is 11.8 Å². The Balaban J connectivity index is 2.09. The number of rotatable bonds is 4. The molecule has 2 aliphatic rings. The molecule has 0 aromatic heterocycles. The summed E-state index contributed by atoms with van der Waals surface area (Å²) in [7, 11) is 0. The lowest BCUT2D eigenvalue weighted by atomic mass is 9.85. The van der Waals surface area contributed by atoms with Gasteiger partial charge in [-0.25, -0.2) is 0 Å². The van der Waals surface area contributed by atoms with E-state index in [0.29, 0.717) is 13.0 Å². The number of carbonyl (C=O) groups is 2. The van der Waals surface area contributed by atoms with Crippen molar-refractivity contribution in [3.05, 3.63) is 0 Å². The third-order valence-electron chi connectivity index (χ3n) is 4.93. The fourth-order valence-electron chi connectivity index (χ4n) is 3.59. The number of hydrogen-bond acceptors (Lipinski definition) is 3. The van der Waals surface area contributed by atoms with Gasteiger partial charge in [0.25, 0.3) is 0 Å². The minimum absolute atomic E-state index is 0.0272. The molecule has 2 rings (SSSR count). The Kier molecular flexibility index (Phi) is 5.25. The van der Waals surface area contributed by atoms with Crippen LogP contribution < -0.4 is 5.32 Å². The highest BCUT2D eigenvalue weighted by Crippen LogP contribution is 2.31. The van der Waals surface area contributed by atoms with Crippen LogP contribution in [-0.4, -0.2) is 46.6 Å². The van der Waals surface area contributed by atoms with Crippen LogP contribution in [0.25, 0.3) is 0 Å². The molecular weight excluding hydrogens is 268 g/mol. The van der Waals surface area contributed by atoms with Gasteiger partial charge in [0.2, 0.25) is 5.91 Å². The van der Waals surface area contributed by atoms with Gasteiger partial charge in [-0.1, -0.05) is 20.8 Å². The fourth-order valence-corrected chi connectivity index (χ4v) is 3.59. The molecule has 5 heteroatoms. The highest BCUT2D eigenvalue weighted by Gasteiger charge is 2.39. The second kappa shape index (κ2) is 6.77. The summed E-state index contributed by atoms with van der Waals surface area (Å²) in [5.74, 6) is 0.0676. The summed E-state index contributed by atoms with van der Waals surface area (Å²) < 4.78 is 0. The lowest BCUT2D eigenvalue weighted by molar-refractivity contribution is -0.142. The first kappa shape index (κ1) is 16.3. The minimum Gasteiger partial charge on any atom is -0.480 e. The summed E-state index contributed by atoms with van der Waals surface area (Å²) in [5, 5.41) is 12.2. The van der Waals surface area contributed by atoms with Gasteiger partial charge < -0.3 is 15.3 Å². The third-order valence-corrected chi connectivity index (χ3v) is 4.93. The molecule has 0 aromatic carbocycles. The Hall–Kier alpha value is -1.10. The molecule has 2 fully saturated rings. The van der Waals surface area contributed by atoms with Gasteiger partial charge in [-0.3, -0.25) is 9.59 Å². The van der Waals surface area contributed by atoms with Crippen molar-refractivity contribution < 1.29 is 14.7 Å². The summed E-state index contributed by atoms with van der Waals surface area (Å²) >= 11 is 0. The third kappa shape index (κ3) is 3.76. The molecule has 120 valence electrons. The molecule has 1 saturated carbocycles. The van der Waals surface area contributed by atoms with Crippen molar-refractivity contribution in [2.75, 3.05) is 6.54 Å². The van der Waals surface area contributed by atoms with E-state index in [4.69, 9.17) is 5.11 Å². The second-order valence-corrected chi connectivity index (χ2v) is 7.00. The zero-order valence-corrected chi connectivity index (χ0v) is 13.3. The summed E-state index contributed by atoms with van der Waals surface area (Å²) in [6.07, 6.45) is 4.95. The summed E-state index contributed by atoms with van der Waals surface area (Å²) in [4.78, 5) is 25.8. The van der Waals surface area contributed by atoms with Crippen molar-refractivity contribution in [1.29, 1.82) is 0 Å². The van der Waals surface area contributed by atoms with Crippen LogP contribution >= 0.6 is 0 Å². The van der Waals surface area contributed by atoms with Crippen molar-refractivity contribution in [3.8, 4) is 0 Å². The zero-order valence-electron chi connectivity index (χ0n) is 13.3. The molecular formula is C16H28N2O3. The van der Waals surface area contributed by atoms with Gasteiger partial charge in [0, 0.05) is 24.5 Å². The van der Waals surface area contributed by atoms with Crippen LogP contribution in [0.4, 0.5) is 0 Å². The zero-order chi connectivity index (χ0) is 15.6. The summed E-state index contributed by atoms with van der Waals surface area (Å²) in [6, 6.07) is -0.199. The Morgan fingerprint density at radius 3 is 2.24 bits per heavy atom. The number of amides is 1. The lowest BCUT2D eigenvalue weighted by Crippen LogP contribution is -2.50. The first-order chi connectivity index (χ1) is 9.90. The van der Waals surface area contributed by atoms with Crippen LogP contribution in [0.15, 0.2) is 0 Å². The maximum atomic E-state index is 12.6. The van der Waals surface area contributed by atoms with Crippen molar-refractivity contribution in [2.45, 2.75) is 71.0 Å². The predicted molar refractivity (Wildman–Crippen MR) is 80.9 cm³/mol. The molecule has 1 saturated heterocycles. The van der Waals surface area contributed by atoms with Crippen molar-refractivity contribution in [1.82, 2.24) is 10.2 Å². The Bertz CT molecular complexity index is 389. The molecule has 0 radical (unpaired) electrons. The van der Waals surface area contributed by atoms with Gasteiger partial charge in [0.05, 0.1) is 0 Å². The Morgan fingerprint density at radius 1 is 1.14 bits per heavy atom. The second-order valence-electron chi connectivity index (χ2n) is 7.00. The number of nitrogens with one attached hydrogen (secondary N) is 1. The van der Waals surface area contributed by atoms with Gasteiger partial charge in [0.15, 0.2) is 0 Å². The normalized spacial score (nSPS) is 33.1. The molecule has 2 atom stereocenters. The van der Waals surface area contributed by atoms with Crippen molar-refractivity contribution >= 4 is 11.9 Å². The smallest absolute Gasteiger partial charge is 0.320 e. The first-order valence-electron chi connectivity index (χ1n) is 8.18. The predicted octanol–water partition coefficient (Wildman–Crippen LogP) is 1.86. The van der Waals surface area contributed by atoms with E-state index in [1.54, 1.807) is 0 Å². The van der Waals surface area contributed by atoms with E-state index in [0.717, 1.165) is 31.6 Å². The molecule has 1 amide bonds. The van der Waals surface area contributed by atoms with Crippen LogP contribution in [0.5, 0.6) is 0 Å². The molecule has 5 nitrogen and oxygen atoms in total. The first-order valence-corrected chi connectivity index (χ1v) is 8.18. The molecule has 2 N–H and O–H groups in total. The van der Waals surface area contributed by atoms with Crippen LogP contribution in [-0.2, 0) is 9.59 Å². The van der Waals surface area contributed by atoms with Gasteiger partial charge in [-0.2, -0.15) is 0 Å². The number of hydrogen-bond donors (Lipinski definition) is 2. The molecule has 0 unspecified atom stereocenters. The van der Waals surface area contributed by atoms with E-state index in [9.17, 15) is 9.59 Å². The maximum Gasteiger partial charge on any atom is 0.320 e. The number of carboxylic acids is 1. The topological polar surface area (TPSA) is 69.6 Å². The highest BCUT2D eigenvalue weighted by molar-refractivity contribution is 5.79. The molecule has 0 spiro atoms. The molecule has 1 heterocycles. The van der Waals surface area contributed by atoms with Crippen LogP contribution in [0.3, 0.4) is 0 Å². The fraction of sp³-hybridized carbons (Fsp3) is 0.875. The summed E-state index contributed by atoms with van der Waals surface area (Å²) in [5.41, 5.74) is 0.